The molecule has 2 N–H and O–H groups in total. The summed E-state index contributed by atoms with van der Waals surface area (Å²) < 4.78 is 5.51. The SMILES string of the molecule is Cc1ccc([C@@H](C)O)c(OCC(=O)NC(C)(C)C)c1. The Morgan fingerprint density at radius 2 is 2.05 bits per heavy atom. The van der Waals surface area contributed by atoms with Gasteiger partial charge in [-0.3, -0.25) is 4.79 Å². The van der Waals surface area contributed by atoms with E-state index < -0.39 is 6.10 Å². The lowest BCUT2D eigenvalue weighted by atomic mass is 10.1. The molecule has 0 radical (unpaired) electrons. The topological polar surface area (TPSA) is 58.6 Å². The maximum Gasteiger partial charge on any atom is 0.258 e. The van der Waals surface area contributed by atoms with Crippen LogP contribution in [-0.4, -0.2) is 23.2 Å². The van der Waals surface area contributed by atoms with E-state index in [1.165, 1.54) is 0 Å². The summed E-state index contributed by atoms with van der Waals surface area (Å²) in [5.74, 6) is 0.379. The van der Waals surface area contributed by atoms with Crippen LogP contribution in [0.2, 0.25) is 0 Å². The number of carbonyl (C=O) groups excluding carboxylic acids is 1. The summed E-state index contributed by atoms with van der Waals surface area (Å²) in [7, 11) is 0. The summed E-state index contributed by atoms with van der Waals surface area (Å²) >= 11 is 0. The van der Waals surface area contributed by atoms with Crippen LogP contribution in [0.3, 0.4) is 0 Å². The van der Waals surface area contributed by atoms with Crippen LogP contribution in [0, 0.1) is 6.92 Å². The van der Waals surface area contributed by atoms with Gasteiger partial charge in [0, 0.05) is 11.1 Å². The molecule has 0 aromatic heterocycles. The molecule has 106 valence electrons. The average molecular weight is 265 g/mol. The minimum atomic E-state index is -0.624. The second-order valence-corrected chi connectivity index (χ2v) is 5.80. The summed E-state index contributed by atoms with van der Waals surface area (Å²) in [5, 5.41) is 12.5. The third-order valence-corrected chi connectivity index (χ3v) is 2.49. The zero-order valence-electron chi connectivity index (χ0n) is 12.3. The second kappa shape index (κ2) is 6.06. The third kappa shape index (κ3) is 5.30. The smallest absolute Gasteiger partial charge is 0.258 e. The van der Waals surface area contributed by atoms with Crippen molar-refractivity contribution in [2.45, 2.75) is 46.3 Å². The Balaban J connectivity index is 2.72. The molecule has 0 heterocycles. The summed E-state index contributed by atoms with van der Waals surface area (Å²) in [5.41, 5.74) is 1.44. The van der Waals surface area contributed by atoms with Crippen molar-refractivity contribution in [1.29, 1.82) is 0 Å². The molecule has 0 aliphatic carbocycles. The zero-order valence-corrected chi connectivity index (χ0v) is 12.3. The maximum atomic E-state index is 11.7. The van der Waals surface area contributed by atoms with Gasteiger partial charge in [0.15, 0.2) is 6.61 Å². The van der Waals surface area contributed by atoms with Crippen LogP contribution in [-0.2, 0) is 4.79 Å². The highest BCUT2D eigenvalue weighted by molar-refractivity contribution is 5.78. The van der Waals surface area contributed by atoms with E-state index in [4.69, 9.17) is 4.74 Å². The van der Waals surface area contributed by atoms with Gasteiger partial charge < -0.3 is 15.2 Å². The summed E-state index contributed by atoms with van der Waals surface area (Å²) in [6.45, 7) is 9.30. The first kappa shape index (κ1) is 15.5. The van der Waals surface area contributed by atoms with Gasteiger partial charge in [-0.1, -0.05) is 12.1 Å². The van der Waals surface area contributed by atoms with Crippen LogP contribution in [0.15, 0.2) is 18.2 Å². The van der Waals surface area contributed by atoms with Gasteiger partial charge >= 0.3 is 0 Å². The number of hydrogen-bond acceptors (Lipinski definition) is 3. The molecule has 1 atom stereocenters. The molecule has 0 spiro atoms. The Kier molecular flexibility index (Phi) is 4.95. The molecule has 0 saturated carbocycles. The van der Waals surface area contributed by atoms with E-state index in [0.29, 0.717) is 11.3 Å². The molecule has 4 heteroatoms. The van der Waals surface area contributed by atoms with Crippen molar-refractivity contribution in [3.05, 3.63) is 29.3 Å². The molecule has 0 aliphatic rings. The molecule has 0 unspecified atom stereocenters. The van der Waals surface area contributed by atoms with E-state index in [1.54, 1.807) is 6.92 Å². The minimum Gasteiger partial charge on any atom is -0.483 e. The Morgan fingerprint density at radius 1 is 1.42 bits per heavy atom. The highest BCUT2D eigenvalue weighted by atomic mass is 16.5. The molecule has 4 nitrogen and oxygen atoms in total. The molecule has 1 amide bonds. The van der Waals surface area contributed by atoms with E-state index in [-0.39, 0.29) is 18.1 Å². The first-order chi connectivity index (χ1) is 8.69. The van der Waals surface area contributed by atoms with Gasteiger partial charge in [0.1, 0.15) is 5.75 Å². The number of carbonyl (C=O) groups is 1. The van der Waals surface area contributed by atoms with Gasteiger partial charge in [-0.15, -0.1) is 0 Å². The number of benzene rings is 1. The monoisotopic (exact) mass is 265 g/mol. The second-order valence-electron chi connectivity index (χ2n) is 5.80. The maximum absolute atomic E-state index is 11.7. The Bertz CT molecular complexity index is 447. The molecular weight excluding hydrogens is 242 g/mol. The van der Waals surface area contributed by atoms with E-state index in [2.05, 4.69) is 5.32 Å². The van der Waals surface area contributed by atoms with E-state index in [0.717, 1.165) is 5.56 Å². The van der Waals surface area contributed by atoms with Gasteiger partial charge in [-0.05, 0) is 46.2 Å². The molecule has 0 saturated heterocycles. The Morgan fingerprint density at radius 3 is 2.58 bits per heavy atom. The predicted molar refractivity (Wildman–Crippen MR) is 75.2 cm³/mol. The summed E-state index contributed by atoms with van der Waals surface area (Å²) in [4.78, 5) is 11.7. The van der Waals surface area contributed by atoms with Crippen molar-refractivity contribution in [1.82, 2.24) is 5.32 Å². The van der Waals surface area contributed by atoms with E-state index >= 15 is 0 Å². The zero-order chi connectivity index (χ0) is 14.6. The first-order valence-corrected chi connectivity index (χ1v) is 6.41. The molecule has 0 fully saturated rings. The fourth-order valence-corrected chi connectivity index (χ4v) is 1.71. The van der Waals surface area contributed by atoms with Gasteiger partial charge in [0.05, 0.1) is 6.10 Å². The van der Waals surface area contributed by atoms with Crippen LogP contribution in [0.4, 0.5) is 0 Å². The number of aliphatic hydroxyl groups is 1. The van der Waals surface area contributed by atoms with Crippen molar-refractivity contribution in [3.63, 3.8) is 0 Å². The highest BCUT2D eigenvalue weighted by Gasteiger charge is 2.15. The molecule has 1 aromatic carbocycles. The van der Waals surface area contributed by atoms with Gasteiger partial charge in [0.2, 0.25) is 0 Å². The first-order valence-electron chi connectivity index (χ1n) is 6.41. The molecule has 1 rings (SSSR count). The fraction of sp³-hybridized carbons (Fsp3) is 0.533. The van der Waals surface area contributed by atoms with Crippen LogP contribution in [0.1, 0.15) is 44.9 Å². The van der Waals surface area contributed by atoms with Gasteiger partial charge in [-0.25, -0.2) is 0 Å². The Labute approximate surface area is 114 Å². The number of nitrogens with one attached hydrogen (secondary N) is 1. The van der Waals surface area contributed by atoms with Crippen LogP contribution in [0.5, 0.6) is 5.75 Å². The van der Waals surface area contributed by atoms with Crippen molar-refractivity contribution < 1.29 is 14.6 Å². The standard InChI is InChI=1S/C15H23NO3/c1-10-6-7-12(11(2)17)13(8-10)19-9-14(18)16-15(3,4)5/h6-8,11,17H,9H2,1-5H3,(H,16,18)/t11-/m1/s1. The lowest BCUT2D eigenvalue weighted by molar-refractivity contribution is -0.124. The summed E-state index contributed by atoms with van der Waals surface area (Å²) in [6.07, 6.45) is -0.624. The number of amides is 1. The average Bonchev–Trinajstić information content (AvgIpc) is 2.23. The minimum absolute atomic E-state index is 0.0551. The number of aryl methyl sites for hydroxylation is 1. The van der Waals surface area contributed by atoms with Crippen molar-refractivity contribution in [3.8, 4) is 5.75 Å². The molecule has 0 bridgehead atoms. The van der Waals surface area contributed by atoms with E-state index in [1.807, 2.05) is 45.9 Å². The molecule has 1 aromatic rings. The highest BCUT2D eigenvalue weighted by Crippen LogP contribution is 2.26. The van der Waals surface area contributed by atoms with Gasteiger partial charge in [0.25, 0.3) is 5.91 Å². The fourth-order valence-electron chi connectivity index (χ4n) is 1.71. The lowest BCUT2D eigenvalue weighted by Gasteiger charge is -2.21. The Hall–Kier alpha value is -1.55. The van der Waals surface area contributed by atoms with Crippen molar-refractivity contribution in [2.24, 2.45) is 0 Å². The van der Waals surface area contributed by atoms with Crippen molar-refractivity contribution >= 4 is 5.91 Å². The summed E-state index contributed by atoms with van der Waals surface area (Å²) in [6, 6.07) is 5.55. The largest absolute Gasteiger partial charge is 0.483 e. The van der Waals surface area contributed by atoms with Crippen LogP contribution in [0.25, 0.3) is 0 Å². The predicted octanol–water partition coefficient (Wildman–Crippen LogP) is 2.34. The third-order valence-electron chi connectivity index (χ3n) is 2.49. The quantitative estimate of drug-likeness (QED) is 0.878. The normalized spacial score (nSPS) is 12.9. The van der Waals surface area contributed by atoms with Crippen molar-refractivity contribution in [2.75, 3.05) is 6.61 Å². The molecule has 19 heavy (non-hydrogen) atoms. The van der Waals surface area contributed by atoms with Crippen LogP contribution >= 0.6 is 0 Å². The number of hydrogen-bond donors (Lipinski definition) is 2. The number of ether oxygens (including phenoxy) is 1. The van der Waals surface area contributed by atoms with Gasteiger partial charge in [-0.2, -0.15) is 0 Å². The van der Waals surface area contributed by atoms with Crippen LogP contribution < -0.4 is 10.1 Å². The lowest BCUT2D eigenvalue weighted by Crippen LogP contribution is -2.43. The molecule has 0 aliphatic heterocycles. The number of aliphatic hydroxyl groups excluding tert-OH is 1. The molecular formula is C15H23NO3. The van der Waals surface area contributed by atoms with E-state index in [9.17, 15) is 9.90 Å². The number of rotatable bonds is 4.